The molecule has 0 radical (unpaired) electrons. The van der Waals surface area contributed by atoms with E-state index in [1.807, 2.05) is 13.8 Å². The van der Waals surface area contributed by atoms with Gasteiger partial charge in [-0.15, -0.1) is 5.10 Å². The third-order valence-electron chi connectivity index (χ3n) is 2.06. The molecule has 0 unspecified atom stereocenters. The summed E-state index contributed by atoms with van der Waals surface area (Å²) in [5, 5.41) is 10.9. The number of aryl methyl sites for hydroxylation is 2. The quantitative estimate of drug-likeness (QED) is 0.773. The monoisotopic (exact) mass is 204 g/mol. The molecule has 2 heterocycles. The van der Waals surface area contributed by atoms with E-state index in [4.69, 9.17) is 0 Å². The van der Waals surface area contributed by atoms with Gasteiger partial charge in [0.15, 0.2) is 0 Å². The molecule has 2 rings (SSSR count). The lowest BCUT2D eigenvalue weighted by atomic mass is 10.4. The van der Waals surface area contributed by atoms with Crippen molar-refractivity contribution in [2.45, 2.75) is 20.4 Å². The molecule has 2 aromatic heterocycles. The Hall–Kier alpha value is -1.98. The summed E-state index contributed by atoms with van der Waals surface area (Å²) in [5.41, 5.74) is 1.73. The number of hydrogen-bond donors (Lipinski definition) is 2. The molecule has 0 aliphatic carbocycles. The Balaban J connectivity index is 2.02. The van der Waals surface area contributed by atoms with Crippen LogP contribution in [0.2, 0.25) is 0 Å². The molecule has 2 N–H and O–H groups in total. The van der Waals surface area contributed by atoms with E-state index < -0.39 is 0 Å². The van der Waals surface area contributed by atoms with Crippen LogP contribution in [0.4, 0.5) is 5.95 Å². The highest BCUT2D eigenvalue weighted by Crippen LogP contribution is 2.02. The largest absolute Gasteiger partial charge is 0.347 e. The van der Waals surface area contributed by atoms with E-state index in [0.717, 1.165) is 17.2 Å². The van der Waals surface area contributed by atoms with Gasteiger partial charge in [0, 0.05) is 12.4 Å². The molecule has 0 fully saturated rings. The van der Waals surface area contributed by atoms with Crippen molar-refractivity contribution in [1.82, 2.24) is 25.1 Å². The molecule has 15 heavy (non-hydrogen) atoms. The molecule has 0 saturated carbocycles. The lowest BCUT2D eigenvalue weighted by molar-refractivity contribution is 0.873. The first-order valence-electron chi connectivity index (χ1n) is 4.66. The van der Waals surface area contributed by atoms with Crippen LogP contribution in [0.5, 0.6) is 0 Å². The van der Waals surface area contributed by atoms with Gasteiger partial charge in [-0.1, -0.05) is 0 Å². The maximum absolute atomic E-state index is 4.25. The van der Waals surface area contributed by atoms with Crippen molar-refractivity contribution in [2.75, 3.05) is 5.32 Å². The minimum Gasteiger partial charge on any atom is -0.347 e. The summed E-state index contributed by atoms with van der Waals surface area (Å²) in [4.78, 5) is 11.3. The van der Waals surface area contributed by atoms with Crippen LogP contribution in [0.15, 0.2) is 12.4 Å². The van der Waals surface area contributed by atoms with Gasteiger partial charge in [0.1, 0.15) is 5.82 Å². The number of rotatable bonds is 3. The molecular weight excluding hydrogens is 192 g/mol. The normalized spacial score (nSPS) is 10.3. The van der Waals surface area contributed by atoms with Crippen molar-refractivity contribution >= 4 is 5.95 Å². The molecule has 0 bridgehead atoms. The number of hydrogen-bond acceptors (Lipinski definition) is 5. The van der Waals surface area contributed by atoms with Crippen molar-refractivity contribution < 1.29 is 0 Å². The maximum atomic E-state index is 4.25. The van der Waals surface area contributed by atoms with Crippen LogP contribution in [0.1, 0.15) is 17.2 Å². The zero-order valence-corrected chi connectivity index (χ0v) is 8.65. The summed E-state index contributed by atoms with van der Waals surface area (Å²) < 4.78 is 0. The predicted octanol–water partition coefficient (Wildman–Crippen LogP) is 0.824. The van der Waals surface area contributed by atoms with Crippen LogP contribution < -0.4 is 5.32 Å². The van der Waals surface area contributed by atoms with E-state index in [2.05, 4.69) is 30.5 Å². The summed E-state index contributed by atoms with van der Waals surface area (Å²) in [6.07, 6.45) is 3.48. The van der Waals surface area contributed by atoms with Crippen LogP contribution in [0, 0.1) is 13.8 Å². The third kappa shape index (κ3) is 2.28. The molecule has 6 heteroatoms. The van der Waals surface area contributed by atoms with Crippen molar-refractivity contribution in [2.24, 2.45) is 0 Å². The van der Waals surface area contributed by atoms with Gasteiger partial charge in [0.05, 0.1) is 17.9 Å². The highest BCUT2D eigenvalue weighted by molar-refractivity contribution is 5.24. The lowest BCUT2D eigenvalue weighted by Gasteiger charge is -2.03. The Morgan fingerprint density at radius 2 is 2.13 bits per heavy atom. The van der Waals surface area contributed by atoms with Gasteiger partial charge in [-0.3, -0.25) is 0 Å². The number of imidazole rings is 1. The smallest absolute Gasteiger partial charge is 0.243 e. The van der Waals surface area contributed by atoms with Gasteiger partial charge in [-0.2, -0.15) is 5.10 Å². The van der Waals surface area contributed by atoms with Crippen LogP contribution >= 0.6 is 0 Å². The van der Waals surface area contributed by atoms with Crippen LogP contribution in [0.25, 0.3) is 0 Å². The molecule has 0 saturated heterocycles. The third-order valence-corrected chi connectivity index (χ3v) is 2.06. The molecule has 2 aromatic rings. The zero-order chi connectivity index (χ0) is 10.7. The van der Waals surface area contributed by atoms with Crippen molar-refractivity contribution in [3.63, 3.8) is 0 Å². The summed E-state index contributed by atoms with van der Waals surface area (Å²) in [7, 11) is 0. The molecular formula is C9H12N6. The molecule has 78 valence electrons. The van der Waals surface area contributed by atoms with Gasteiger partial charge in [-0.05, 0) is 13.8 Å². The standard InChI is InChI=1S/C9H12N6/c1-6-7(2)14-15-9(13-6)12-5-8-10-3-4-11-8/h3-4H,5H2,1-2H3,(H,10,11)(H,12,13,15). The molecule has 0 aliphatic rings. The average molecular weight is 204 g/mol. The van der Waals surface area contributed by atoms with Crippen molar-refractivity contribution in [1.29, 1.82) is 0 Å². The van der Waals surface area contributed by atoms with E-state index in [9.17, 15) is 0 Å². The Morgan fingerprint density at radius 3 is 2.80 bits per heavy atom. The minimum atomic E-state index is 0.523. The average Bonchev–Trinajstić information content (AvgIpc) is 2.73. The first kappa shape index (κ1) is 9.57. The topological polar surface area (TPSA) is 79.4 Å². The van der Waals surface area contributed by atoms with Crippen LogP contribution in [-0.2, 0) is 6.54 Å². The molecule has 0 amide bonds. The summed E-state index contributed by atoms with van der Waals surface area (Å²) >= 11 is 0. The second kappa shape index (κ2) is 4.04. The Kier molecular flexibility index (Phi) is 2.57. The zero-order valence-electron chi connectivity index (χ0n) is 8.65. The maximum Gasteiger partial charge on any atom is 0.243 e. The van der Waals surface area contributed by atoms with E-state index in [1.54, 1.807) is 12.4 Å². The number of H-pyrrole nitrogens is 1. The second-order valence-corrected chi connectivity index (χ2v) is 3.20. The predicted molar refractivity (Wildman–Crippen MR) is 55.2 cm³/mol. The fourth-order valence-corrected chi connectivity index (χ4v) is 1.09. The van der Waals surface area contributed by atoms with Crippen LogP contribution in [-0.4, -0.2) is 25.1 Å². The number of nitrogens with one attached hydrogen (secondary N) is 2. The Bertz CT molecular complexity index is 436. The van der Waals surface area contributed by atoms with Crippen LogP contribution in [0.3, 0.4) is 0 Å². The summed E-state index contributed by atoms with van der Waals surface area (Å²) in [5.74, 6) is 1.37. The van der Waals surface area contributed by atoms with Crippen molar-refractivity contribution in [3.8, 4) is 0 Å². The van der Waals surface area contributed by atoms with Gasteiger partial charge >= 0.3 is 0 Å². The molecule has 0 aliphatic heterocycles. The second-order valence-electron chi connectivity index (χ2n) is 3.20. The molecule has 0 atom stereocenters. The molecule has 0 spiro atoms. The van der Waals surface area contributed by atoms with Gasteiger partial charge in [0.2, 0.25) is 5.95 Å². The van der Waals surface area contributed by atoms with E-state index in [-0.39, 0.29) is 0 Å². The highest BCUT2D eigenvalue weighted by atomic mass is 15.2. The highest BCUT2D eigenvalue weighted by Gasteiger charge is 2.01. The Labute approximate surface area is 87.2 Å². The summed E-state index contributed by atoms with van der Waals surface area (Å²) in [6.45, 7) is 4.35. The van der Waals surface area contributed by atoms with E-state index >= 15 is 0 Å². The van der Waals surface area contributed by atoms with Crippen molar-refractivity contribution in [3.05, 3.63) is 29.6 Å². The first-order chi connectivity index (χ1) is 7.25. The van der Waals surface area contributed by atoms with Gasteiger partial charge in [0.25, 0.3) is 0 Å². The number of anilines is 1. The Morgan fingerprint density at radius 1 is 1.27 bits per heavy atom. The summed E-state index contributed by atoms with van der Waals surface area (Å²) in [6, 6.07) is 0. The van der Waals surface area contributed by atoms with Gasteiger partial charge < -0.3 is 10.3 Å². The molecule has 0 aromatic carbocycles. The fraction of sp³-hybridized carbons (Fsp3) is 0.333. The van der Waals surface area contributed by atoms with E-state index in [1.165, 1.54) is 0 Å². The fourth-order valence-electron chi connectivity index (χ4n) is 1.09. The lowest BCUT2D eigenvalue weighted by Crippen LogP contribution is -2.07. The first-order valence-corrected chi connectivity index (χ1v) is 4.66. The van der Waals surface area contributed by atoms with Gasteiger partial charge in [-0.25, -0.2) is 9.97 Å². The number of aromatic amines is 1. The molecule has 6 nitrogen and oxygen atoms in total. The number of aromatic nitrogens is 5. The minimum absolute atomic E-state index is 0.523. The SMILES string of the molecule is Cc1nnc(NCc2ncc[nH]2)nc1C. The number of nitrogens with zero attached hydrogens (tertiary/aromatic N) is 4. The van der Waals surface area contributed by atoms with E-state index in [0.29, 0.717) is 12.5 Å².